The van der Waals surface area contributed by atoms with Crippen LogP contribution in [0, 0.1) is 0 Å². The van der Waals surface area contributed by atoms with Gasteiger partial charge in [-0.3, -0.25) is 18.7 Å². The van der Waals surface area contributed by atoms with Crippen molar-refractivity contribution >= 4 is 66.3 Å². The molecule has 3 aromatic rings. The van der Waals surface area contributed by atoms with Crippen molar-refractivity contribution in [1.29, 1.82) is 0 Å². The van der Waals surface area contributed by atoms with Crippen molar-refractivity contribution in [2.24, 2.45) is 0 Å². The average molecular weight is 1510 g/mol. The second-order valence-corrected chi connectivity index (χ2v) is 34.0. The quantitative estimate of drug-likeness (QED) is 0.0157. The van der Waals surface area contributed by atoms with E-state index in [9.17, 15) is 33.6 Å². The Balaban J connectivity index is 1.71. The van der Waals surface area contributed by atoms with Gasteiger partial charge in [0.2, 0.25) is 17.8 Å². The number of nitrogens with two attached hydrogens (primary N) is 1. The van der Waals surface area contributed by atoms with E-state index in [1.165, 1.54) is 141 Å². The molecule has 0 aliphatic rings. The fourth-order valence-electron chi connectivity index (χ4n) is 12.2. The number of amides is 5. The second kappa shape index (κ2) is 54.6. The number of benzene rings is 1. The van der Waals surface area contributed by atoms with E-state index >= 15 is 0 Å². The smallest absolute Gasteiger partial charge is 0.410 e. The third-order valence-corrected chi connectivity index (χ3v) is 20.2. The Bertz CT molecular complexity index is 2880. The first-order chi connectivity index (χ1) is 50.6. The molecule has 24 nitrogen and oxygen atoms in total. The van der Waals surface area contributed by atoms with Crippen LogP contribution in [0.1, 0.15) is 326 Å². The van der Waals surface area contributed by atoms with Crippen LogP contribution in [0.5, 0.6) is 6.01 Å². The molecule has 25 heteroatoms. The van der Waals surface area contributed by atoms with E-state index in [4.69, 9.17) is 29.0 Å². The lowest BCUT2D eigenvalue weighted by molar-refractivity contribution is -0.122. The number of fused-ring (bicyclic) bond motifs is 1. The molecule has 106 heavy (non-hydrogen) atoms. The van der Waals surface area contributed by atoms with Crippen molar-refractivity contribution in [2.75, 3.05) is 88.1 Å². The predicted octanol–water partition coefficient (Wildman–Crippen LogP) is 19.3. The average Bonchev–Trinajstić information content (AvgIpc) is 1.63. The van der Waals surface area contributed by atoms with Gasteiger partial charge in [0.15, 0.2) is 17.0 Å². The fraction of sp³-hybridized carbons (Fsp3) is 0.802. The molecule has 2 aromatic heterocycles. The maximum absolute atomic E-state index is 14.6. The van der Waals surface area contributed by atoms with Crippen LogP contribution in [-0.4, -0.2) is 159 Å². The molecule has 608 valence electrons. The molecule has 1 aromatic carbocycles. The minimum Gasteiger partial charge on any atom is -0.480 e. The van der Waals surface area contributed by atoms with E-state index < -0.39 is 48.7 Å². The third-order valence-electron chi connectivity index (χ3n) is 18.1. The van der Waals surface area contributed by atoms with E-state index in [-0.39, 0.29) is 67.8 Å². The zero-order valence-electron chi connectivity index (χ0n) is 68.2. The van der Waals surface area contributed by atoms with E-state index in [0.717, 1.165) is 56.9 Å². The number of hydrogen-bond acceptors (Lipinski definition) is 18. The fourth-order valence-corrected chi connectivity index (χ4v) is 13.9. The molecule has 0 aliphatic carbocycles. The molecule has 0 unspecified atom stereocenters. The van der Waals surface area contributed by atoms with Gasteiger partial charge in [0, 0.05) is 57.9 Å². The lowest BCUT2D eigenvalue weighted by Gasteiger charge is -2.29. The lowest BCUT2D eigenvalue weighted by Crippen LogP contribution is -2.42. The van der Waals surface area contributed by atoms with Gasteiger partial charge in [0.05, 0.1) is 32.0 Å². The monoisotopic (exact) mass is 1510 g/mol. The number of nitrogens with one attached hydrogen (secondary N) is 5. The summed E-state index contributed by atoms with van der Waals surface area (Å²) in [6, 6.07) is 6.11. The van der Waals surface area contributed by atoms with Crippen LogP contribution in [0.25, 0.3) is 11.2 Å². The maximum Gasteiger partial charge on any atom is 0.410 e. The summed E-state index contributed by atoms with van der Waals surface area (Å²) in [6.45, 7) is 26.5. The minimum atomic E-state index is -3.50. The molecule has 0 saturated carbocycles. The van der Waals surface area contributed by atoms with Gasteiger partial charge in [-0.1, -0.05) is 206 Å². The topological polar surface area (TPSA) is 305 Å². The van der Waals surface area contributed by atoms with E-state index in [2.05, 4.69) is 62.3 Å². The highest BCUT2D eigenvalue weighted by Gasteiger charge is 2.28. The number of unbranched alkanes of at least 4 members (excludes halogenated alkanes) is 28. The van der Waals surface area contributed by atoms with Crippen molar-refractivity contribution in [3.63, 3.8) is 0 Å². The van der Waals surface area contributed by atoms with Crippen LogP contribution in [-0.2, 0) is 44.0 Å². The summed E-state index contributed by atoms with van der Waals surface area (Å²) >= 11 is 0. The summed E-state index contributed by atoms with van der Waals surface area (Å²) in [5.41, 5.74) is 6.10. The standard InChI is InChI=1S/C81H147N12O12P/c1-13-16-19-21-23-25-27-29-31-33-35-37-39-43-62-101-106(100,102-63-44-40-38-36-34-32-30-28-26-24-22-20-17-14-2)64-47-57-83-68(73(95)87-67-50-48-66(49-51-67)65-93-72-70(88-75(93)96)71(82)89-74(90-72)85-54-18-15-3)52-53-69(94)84-55-45-60-91(77(98)104-80(7,8)9)58-41-42-59-92(78(99)105-81(10,11)12)61-46-56-86-76(97)103-79(4,5)6/h48-51,68,83H,13-47,52-65H2,1-12H3,(H,84,94)(H,86,97)(H,87,95)(H,88,96)(H3,82,85,89,90)/t68-/m0/s1. The molecule has 8 N–H and O–H groups in total. The SMILES string of the molecule is CCCCCCCCCCCCCCCCOP(=O)(CCCN[C@@H](CCC(=O)NCCCN(CCCCN(CCCNC(=O)OC(C)(C)C)C(=O)OC(C)(C)C)C(=O)OC(C)(C)C)C(=O)Nc1ccc(Cn2c(O)nc3c(N)nc(NCCCC)nc32)cc1)OCCCCCCCCCCCCCCCC. The second-order valence-electron chi connectivity index (χ2n) is 31.8. The maximum atomic E-state index is 14.6. The highest BCUT2D eigenvalue weighted by atomic mass is 31.2. The summed E-state index contributed by atoms with van der Waals surface area (Å²) in [6.07, 6.45) is 37.7. The Hall–Kier alpha value is -5.97. The molecule has 5 amide bonds. The van der Waals surface area contributed by atoms with Crippen molar-refractivity contribution in [2.45, 2.75) is 350 Å². The van der Waals surface area contributed by atoms with Crippen LogP contribution in [0.4, 0.5) is 31.8 Å². The Morgan fingerprint density at radius 3 is 1.41 bits per heavy atom. The van der Waals surface area contributed by atoms with Gasteiger partial charge in [-0.25, -0.2) is 14.4 Å². The first kappa shape index (κ1) is 94.2. The van der Waals surface area contributed by atoms with E-state index in [1.54, 1.807) is 88.8 Å². The number of aromatic hydroxyl groups is 1. The minimum absolute atomic E-state index is 0.000381. The zero-order valence-corrected chi connectivity index (χ0v) is 69.1. The number of nitrogens with zero attached hydrogens (tertiary/aromatic N) is 6. The molecule has 0 aliphatic heterocycles. The number of carbonyl (C=O) groups is 5. The van der Waals surface area contributed by atoms with Gasteiger partial charge in [-0.15, -0.1) is 0 Å². The molecule has 0 fully saturated rings. The van der Waals surface area contributed by atoms with Gasteiger partial charge in [-0.05, 0) is 144 Å². The first-order valence-electron chi connectivity index (χ1n) is 41.3. The molecule has 2 heterocycles. The highest BCUT2D eigenvalue weighted by Crippen LogP contribution is 2.49. The number of carbonyl (C=O) groups excluding carboxylic acids is 5. The van der Waals surface area contributed by atoms with Crippen molar-refractivity contribution < 1.29 is 56.9 Å². The molecule has 0 bridgehead atoms. The molecule has 0 saturated heterocycles. The van der Waals surface area contributed by atoms with Gasteiger partial charge in [-0.2, -0.15) is 15.0 Å². The summed E-state index contributed by atoms with van der Waals surface area (Å²) in [5, 5.41) is 26.3. The van der Waals surface area contributed by atoms with Crippen molar-refractivity contribution in [1.82, 2.24) is 45.3 Å². The highest BCUT2D eigenvalue weighted by molar-refractivity contribution is 7.53. The normalized spacial score (nSPS) is 12.3. The number of alkyl carbamates (subject to hydrolysis) is 1. The molecular weight excluding hydrogens is 1360 g/mol. The number of anilines is 3. The summed E-state index contributed by atoms with van der Waals surface area (Å²) in [5.74, 6) is -0.152. The van der Waals surface area contributed by atoms with Crippen LogP contribution in [0.3, 0.4) is 0 Å². The molecule has 0 spiro atoms. The zero-order chi connectivity index (χ0) is 77.9. The number of ether oxygens (including phenoxy) is 3. The summed E-state index contributed by atoms with van der Waals surface area (Å²) in [4.78, 5) is 83.8. The summed E-state index contributed by atoms with van der Waals surface area (Å²) in [7, 11) is -3.50. The Kier molecular flexibility index (Phi) is 48.5. The first-order valence-corrected chi connectivity index (χ1v) is 43.0. The number of rotatable bonds is 61. The van der Waals surface area contributed by atoms with E-state index in [1.807, 2.05) is 12.1 Å². The molecule has 1 atom stereocenters. The molecule has 3 rings (SSSR count). The number of aromatic nitrogens is 4. The van der Waals surface area contributed by atoms with Crippen LogP contribution in [0.2, 0.25) is 0 Å². The van der Waals surface area contributed by atoms with Gasteiger partial charge >= 0.3 is 25.9 Å². The number of hydrogen-bond donors (Lipinski definition) is 7. The Morgan fingerprint density at radius 2 is 0.953 bits per heavy atom. The van der Waals surface area contributed by atoms with E-state index in [0.29, 0.717) is 102 Å². The molecular formula is C81H147N12O12P. The van der Waals surface area contributed by atoms with Gasteiger partial charge in [0.1, 0.15) is 16.8 Å². The van der Waals surface area contributed by atoms with Crippen molar-refractivity contribution in [3.05, 3.63) is 29.8 Å². The van der Waals surface area contributed by atoms with Crippen LogP contribution >= 0.6 is 7.60 Å². The predicted molar refractivity (Wildman–Crippen MR) is 431 cm³/mol. The van der Waals surface area contributed by atoms with Crippen LogP contribution < -0.4 is 32.3 Å². The largest absolute Gasteiger partial charge is 0.480 e. The number of nitrogen functional groups attached to an aromatic ring is 1. The van der Waals surface area contributed by atoms with Gasteiger partial charge in [0.25, 0.3) is 6.01 Å². The lowest BCUT2D eigenvalue weighted by atomic mass is 10.0. The summed E-state index contributed by atoms with van der Waals surface area (Å²) < 4.78 is 45.5. The molecule has 0 radical (unpaired) electrons. The van der Waals surface area contributed by atoms with Gasteiger partial charge < -0.3 is 70.5 Å². The Morgan fingerprint density at radius 1 is 0.519 bits per heavy atom. The third kappa shape index (κ3) is 45.8. The number of imidazole rings is 1. The Labute approximate surface area is 639 Å². The van der Waals surface area contributed by atoms with Crippen molar-refractivity contribution in [3.8, 4) is 6.01 Å². The van der Waals surface area contributed by atoms with Crippen LogP contribution in [0.15, 0.2) is 24.3 Å².